The van der Waals surface area contributed by atoms with E-state index in [4.69, 9.17) is 11.6 Å². The molecule has 0 radical (unpaired) electrons. The topological polar surface area (TPSA) is 59.1 Å². The second kappa shape index (κ2) is 6.87. The number of halogens is 1. The summed E-state index contributed by atoms with van der Waals surface area (Å²) in [5.41, 5.74) is 0. The highest BCUT2D eigenvalue weighted by Crippen LogP contribution is 2.30. The Morgan fingerprint density at radius 1 is 1.35 bits per heavy atom. The van der Waals surface area contributed by atoms with Crippen LogP contribution in [0.4, 0.5) is 0 Å². The molecule has 2 rings (SSSR count). The summed E-state index contributed by atoms with van der Waals surface area (Å²) in [4.78, 5) is 3.85. The van der Waals surface area contributed by atoms with Gasteiger partial charge in [0, 0.05) is 12.7 Å². The molecule has 6 heteroatoms. The predicted octanol–water partition coefficient (Wildman–Crippen LogP) is 3.23. The molecule has 0 bridgehead atoms. The maximum Gasteiger partial charge on any atom is 0.243 e. The molecule has 1 aliphatic rings. The molecule has 0 aromatic carbocycles. The van der Waals surface area contributed by atoms with Gasteiger partial charge >= 0.3 is 0 Å². The van der Waals surface area contributed by atoms with Crippen LogP contribution in [-0.4, -0.2) is 19.9 Å². The van der Waals surface area contributed by atoms with Crippen LogP contribution in [0.25, 0.3) is 0 Å². The molecule has 0 aliphatic heterocycles. The molecule has 0 saturated heterocycles. The summed E-state index contributed by atoms with van der Waals surface area (Å²) in [5, 5.41) is 0.0199. The third-order valence-corrected chi connectivity index (χ3v) is 5.90. The van der Waals surface area contributed by atoms with Crippen molar-refractivity contribution >= 4 is 21.6 Å². The first kappa shape index (κ1) is 15.7. The average Bonchev–Trinajstić information content (AvgIpc) is 2.41. The molecule has 1 heterocycles. The first-order valence-electron chi connectivity index (χ1n) is 7.09. The van der Waals surface area contributed by atoms with Crippen LogP contribution in [0, 0.1) is 11.8 Å². The zero-order valence-corrected chi connectivity index (χ0v) is 13.3. The molecular formula is C14H21ClN2O2S. The van der Waals surface area contributed by atoms with Crippen molar-refractivity contribution in [1.29, 1.82) is 0 Å². The Bertz CT molecular complexity index is 540. The summed E-state index contributed by atoms with van der Waals surface area (Å²) < 4.78 is 26.8. The Morgan fingerprint density at radius 2 is 2.05 bits per heavy atom. The predicted molar refractivity (Wildman–Crippen MR) is 80.2 cm³/mol. The smallest absolute Gasteiger partial charge is 0.243 e. The van der Waals surface area contributed by atoms with E-state index < -0.39 is 10.0 Å². The minimum absolute atomic E-state index is 0.0199. The van der Waals surface area contributed by atoms with Crippen molar-refractivity contribution in [2.45, 2.75) is 43.9 Å². The minimum Gasteiger partial charge on any atom is -0.243 e. The normalized spacial score (nSPS) is 23.7. The van der Waals surface area contributed by atoms with Crippen LogP contribution in [0.5, 0.6) is 0 Å². The molecule has 112 valence electrons. The van der Waals surface area contributed by atoms with Gasteiger partial charge in [0.05, 0.1) is 0 Å². The van der Waals surface area contributed by atoms with Crippen molar-refractivity contribution < 1.29 is 8.42 Å². The minimum atomic E-state index is -3.55. The summed E-state index contributed by atoms with van der Waals surface area (Å²) in [5.74, 6) is 1.45. The second-order valence-corrected chi connectivity index (χ2v) is 7.70. The summed E-state index contributed by atoms with van der Waals surface area (Å²) >= 11 is 5.82. The van der Waals surface area contributed by atoms with Crippen LogP contribution < -0.4 is 4.72 Å². The number of hydrogen-bond donors (Lipinski definition) is 1. The van der Waals surface area contributed by atoms with Gasteiger partial charge in [-0.2, -0.15) is 0 Å². The van der Waals surface area contributed by atoms with Crippen molar-refractivity contribution in [1.82, 2.24) is 9.71 Å². The molecule has 1 aromatic rings. The highest BCUT2D eigenvalue weighted by atomic mass is 35.5. The van der Waals surface area contributed by atoms with E-state index in [1.165, 1.54) is 37.9 Å². The van der Waals surface area contributed by atoms with Crippen LogP contribution in [0.15, 0.2) is 23.2 Å². The van der Waals surface area contributed by atoms with E-state index >= 15 is 0 Å². The second-order valence-electron chi connectivity index (χ2n) is 5.60. The largest absolute Gasteiger partial charge is 0.243 e. The Morgan fingerprint density at radius 3 is 2.70 bits per heavy atom. The van der Waals surface area contributed by atoms with Gasteiger partial charge in [-0.05, 0) is 30.4 Å². The van der Waals surface area contributed by atoms with Crippen molar-refractivity contribution in [3.63, 3.8) is 0 Å². The number of rotatable bonds is 5. The summed E-state index contributed by atoms with van der Waals surface area (Å²) in [7, 11) is -3.55. The third kappa shape index (κ3) is 4.17. The number of nitrogens with one attached hydrogen (secondary N) is 1. The van der Waals surface area contributed by atoms with Gasteiger partial charge in [0.25, 0.3) is 0 Å². The molecule has 20 heavy (non-hydrogen) atoms. The molecule has 1 aromatic heterocycles. The Kier molecular flexibility index (Phi) is 5.41. The standard InChI is InChI=1S/C14H21ClN2O2S/c1-11-4-6-12(7-5-11)8-10-17-20(18,19)13-3-2-9-16-14(13)15/h2-3,9,11-12,17H,4-8,10H2,1H3. The summed E-state index contributed by atoms with van der Waals surface area (Å²) in [6, 6.07) is 3.04. The molecule has 1 saturated carbocycles. The van der Waals surface area contributed by atoms with Gasteiger partial charge < -0.3 is 0 Å². The highest BCUT2D eigenvalue weighted by molar-refractivity contribution is 7.89. The van der Waals surface area contributed by atoms with Gasteiger partial charge in [-0.15, -0.1) is 0 Å². The van der Waals surface area contributed by atoms with Gasteiger partial charge in [0.2, 0.25) is 10.0 Å². The van der Waals surface area contributed by atoms with Gasteiger partial charge in [0.15, 0.2) is 0 Å². The van der Waals surface area contributed by atoms with Gasteiger partial charge in [-0.3, -0.25) is 0 Å². The molecule has 1 aliphatic carbocycles. The lowest BCUT2D eigenvalue weighted by atomic mass is 9.81. The summed E-state index contributed by atoms with van der Waals surface area (Å²) in [6.45, 7) is 2.75. The highest BCUT2D eigenvalue weighted by Gasteiger charge is 2.21. The lowest BCUT2D eigenvalue weighted by molar-refractivity contribution is 0.278. The Labute approximate surface area is 126 Å². The number of pyridine rings is 1. The van der Waals surface area contributed by atoms with E-state index in [9.17, 15) is 8.42 Å². The fourth-order valence-electron chi connectivity index (χ4n) is 2.66. The van der Waals surface area contributed by atoms with Crippen molar-refractivity contribution in [2.24, 2.45) is 11.8 Å². The van der Waals surface area contributed by atoms with Crippen molar-refractivity contribution in [2.75, 3.05) is 6.54 Å². The maximum atomic E-state index is 12.1. The molecule has 0 unspecified atom stereocenters. The Balaban J connectivity index is 1.86. The number of sulfonamides is 1. The van der Waals surface area contributed by atoms with Crippen LogP contribution in [0.2, 0.25) is 5.15 Å². The van der Waals surface area contributed by atoms with E-state index in [1.807, 2.05) is 0 Å². The zero-order valence-electron chi connectivity index (χ0n) is 11.7. The maximum absolute atomic E-state index is 12.1. The molecular weight excluding hydrogens is 296 g/mol. The molecule has 1 N–H and O–H groups in total. The van der Waals surface area contributed by atoms with E-state index in [2.05, 4.69) is 16.6 Å². The zero-order chi connectivity index (χ0) is 14.6. The lowest BCUT2D eigenvalue weighted by Crippen LogP contribution is -2.27. The number of nitrogens with zero attached hydrogens (tertiary/aromatic N) is 1. The molecule has 0 amide bonds. The van der Waals surface area contributed by atoms with Gasteiger partial charge in [0.1, 0.15) is 10.0 Å². The van der Waals surface area contributed by atoms with Crippen molar-refractivity contribution in [3.05, 3.63) is 23.5 Å². The van der Waals surface area contributed by atoms with E-state index in [1.54, 1.807) is 6.07 Å². The van der Waals surface area contributed by atoms with Crippen LogP contribution in [-0.2, 0) is 10.0 Å². The van der Waals surface area contributed by atoms with Crippen LogP contribution >= 0.6 is 11.6 Å². The van der Waals surface area contributed by atoms with Crippen molar-refractivity contribution in [3.8, 4) is 0 Å². The number of hydrogen-bond acceptors (Lipinski definition) is 3. The lowest BCUT2D eigenvalue weighted by Gasteiger charge is -2.26. The fourth-order valence-corrected chi connectivity index (χ4v) is 4.16. The first-order valence-corrected chi connectivity index (χ1v) is 8.95. The summed E-state index contributed by atoms with van der Waals surface area (Å²) in [6.07, 6.45) is 7.29. The van der Waals surface area contributed by atoms with E-state index in [0.29, 0.717) is 12.5 Å². The quantitative estimate of drug-likeness (QED) is 0.848. The third-order valence-electron chi connectivity index (χ3n) is 3.99. The average molecular weight is 317 g/mol. The Hall–Kier alpha value is -0.650. The van der Waals surface area contributed by atoms with E-state index in [-0.39, 0.29) is 10.0 Å². The molecule has 0 spiro atoms. The molecule has 4 nitrogen and oxygen atoms in total. The van der Waals surface area contributed by atoms with Gasteiger partial charge in [-0.25, -0.2) is 18.1 Å². The van der Waals surface area contributed by atoms with E-state index in [0.717, 1.165) is 12.3 Å². The SMILES string of the molecule is CC1CCC(CCNS(=O)(=O)c2cccnc2Cl)CC1. The fraction of sp³-hybridized carbons (Fsp3) is 0.643. The van der Waals surface area contributed by atoms with Gasteiger partial charge in [-0.1, -0.05) is 44.2 Å². The monoisotopic (exact) mass is 316 g/mol. The van der Waals surface area contributed by atoms with Crippen LogP contribution in [0.1, 0.15) is 39.0 Å². The molecule has 1 fully saturated rings. The number of aromatic nitrogens is 1. The molecule has 0 atom stereocenters. The first-order chi connectivity index (χ1) is 9.49. The van der Waals surface area contributed by atoms with Crippen LogP contribution in [0.3, 0.4) is 0 Å².